The molecule has 0 spiro atoms. The first-order valence-electron chi connectivity index (χ1n) is 7.29. The maximum Gasteiger partial charge on any atom is 0.241 e. The quantitative estimate of drug-likeness (QED) is 0.805. The Morgan fingerprint density at radius 3 is 2.70 bits per heavy atom. The average molecular weight is 278 g/mol. The van der Waals surface area contributed by atoms with Crippen LogP contribution in [-0.4, -0.2) is 18.6 Å². The summed E-state index contributed by atoms with van der Waals surface area (Å²) in [6.07, 6.45) is 1.80. The molecule has 112 valence electrons. The molecule has 0 fully saturated rings. The molecule has 0 aliphatic heterocycles. The van der Waals surface area contributed by atoms with E-state index in [4.69, 9.17) is 10.5 Å². The number of carbonyl (C=O) groups excluding carboxylic acids is 1. The summed E-state index contributed by atoms with van der Waals surface area (Å²) < 4.78 is 5.68. The molecule has 1 rings (SSSR count). The Balaban J connectivity index is 2.83. The van der Waals surface area contributed by atoms with Crippen LogP contribution >= 0.6 is 0 Å². The number of anilines is 1. The van der Waals surface area contributed by atoms with Crippen molar-refractivity contribution in [1.29, 1.82) is 0 Å². The highest BCUT2D eigenvalue weighted by Crippen LogP contribution is 2.26. The van der Waals surface area contributed by atoms with E-state index in [1.54, 1.807) is 0 Å². The molecule has 20 heavy (non-hydrogen) atoms. The molecule has 4 nitrogen and oxygen atoms in total. The van der Waals surface area contributed by atoms with Crippen molar-refractivity contribution in [3.05, 3.63) is 23.8 Å². The highest BCUT2D eigenvalue weighted by atomic mass is 16.5. The molecule has 4 heteroatoms. The van der Waals surface area contributed by atoms with Crippen molar-refractivity contribution in [1.82, 2.24) is 0 Å². The predicted molar refractivity (Wildman–Crippen MR) is 83.0 cm³/mol. The summed E-state index contributed by atoms with van der Waals surface area (Å²) in [5.41, 5.74) is 7.73. The van der Waals surface area contributed by atoms with Crippen molar-refractivity contribution in [2.75, 3.05) is 11.9 Å². The van der Waals surface area contributed by atoms with E-state index in [1.807, 2.05) is 45.9 Å². The number of amides is 1. The van der Waals surface area contributed by atoms with E-state index in [9.17, 15) is 4.79 Å². The fraction of sp³-hybridized carbons (Fsp3) is 0.562. The average Bonchev–Trinajstić information content (AvgIpc) is 2.45. The first-order chi connectivity index (χ1) is 9.49. The number of rotatable bonds is 7. The van der Waals surface area contributed by atoms with Gasteiger partial charge in [0.1, 0.15) is 5.75 Å². The summed E-state index contributed by atoms with van der Waals surface area (Å²) in [4.78, 5) is 12.1. The van der Waals surface area contributed by atoms with Gasteiger partial charge in [0.15, 0.2) is 0 Å². The topological polar surface area (TPSA) is 64.3 Å². The second-order valence-corrected chi connectivity index (χ2v) is 5.25. The van der Waals surface area contributed by atoms with Gasteiger partial charge in [0.2, 0.25) is 5.91 Å². The Bertz CT molecular complexity index is 446. The van der Waals surface area contributed by atoms with Gasteiger partial charge >= 0.3 is 0 Å². The molecule has 3 N–H and O–H groups in total. The zero-order valence-electron chi connectivity index (χ0n) is 12.9. The summed E-state index contributed by atoms with van der Waals surface area (Å²) in [6, 6.07) is 5.24. The van der Waals surface area contributed by atoms with E-state index < -0.39 is 6.04 Å². The summed E-state index contributed by atoms with van der Waals surface area (Å²) >= 11 is 0. The third-order valence-corrected chi connectivity index (χ3v) is 3.42. The lowest BCUT2D eigenvalue weighted by Crippen LogP contribution is -2.40. The molecule has 2 atom stereocenters. The van der Waals surface area contributed by atoms with Crippen LogP contribution in [0, 0.1) is 12.8 Å². The highest BCUT2D eigenvalue weighted by molar-refractivity contribution is 5.96. The molecule has 0 aliphatic rings. The van der Waals surface area contributed by atoms with Crippen molar-refractivity contribution < 1.29 is 9.53 Å². The first kappa shape index (κ1) is 16.5. The number of aryl methyl sites for hydroxylation is 1. The van der Waals surface area contributed by atoms with Gasteiger partial charge in [-0.05, 0) is 37.0 Å². The van der Waals surface area contributed by atoms with Crippen LogP contribution in [0.2, 0.25) is 0 Å². The van der Waals surface area contributed by atoms with Crippen LogP contribution in [0.15, 0.2) is 18.2 Å². The van der Waals surface area contributed by atoms with Crippen LogP contribution in [-0.2, 0) is 4.79 Å². The summed E-state index contributed by atoms with van der Waals surface area (Å²) in [6.45, 7) is 8.68. The van der Waals surface area contributed by atoms with E-state index in [2.05, 4.69) is 5.32 Å². The van der Waals surface area contributed by atoms with Gasteiger partial charge in [-0.15, -0.1) is 0 Å². The Hall–Kier alpha value is -1.55. The van der Waals surface area contributed by atoms with Crippen molar-refractivity contribution in [3.8, 4) is 5.75 Å². The van der Waals surface area contributed by atoms with E-state index >= 15 is 0 Å². The van der Waals surface area contributed by atoms with Crippen LogP contribution in [0.1, 0.15) is 39.2 Å². The van der Waals surface area contributed by atoms with Crippen molar-refractivity contribution in [2.45, 2.75) is 46.6 Å². The van der Waals surface area contributed by atoms with Crippen LogP contribution in [0.5, 0.6) is 5.75 Å². The third kappa shape index (κ3) is 4.53. The van der Waals surface area contributed by atoms with Crippen LogP contribution in [0.3, 0.4) is 0 Å². The maximum absolute atomic E-state index is 12.1. The van der Waals surface area contributed by atoms with Crippen molar-refractivity contribution >= 4 is 11.6 Å². The fourth-order valence-electron chi connectivity index (χ4n) is 1.79. The monoisotopic (exact) mass is 278 g/mol. The second-order valence-electron chi connectivity index (χ2n) is 5.25. The number of nitrogens with one attached hydrogen (secondary N) is 1. The van der Waals surface area contributed by atoms with Gasteiger partial charge in [-0.2, -0.15) is 0 Å². The first-order valence-corrected chi connectivity index (χ1v) is 7.29. The molecule has 0 radical (unpaired) electrons. The van der Waals surface area contributed by atoms with Gasteiger partial charge in [-0.25, -0.2) is 0 Å². The molecule has 0 saturated carbocycles. The number of hydrogen-bond donors (Lipinski definition) is 2. The largest absolute Gasteiger partial charge is 0.491 e. The maximum atomic E-state index is 12.1. The van der Waals surface area contributed by atoms with Gasteiger partial charge in [0.05, 0.1) is 18.3 Å². The number of carbonyl (C=O) groups is 1. The Kier molecular flexibility index (Phi) is 6.52. The molecule has 0 heterocycles. The van der Waals surface area contributed by atoms with Gasteiger partial charge < -0.3 is 15.8 Å². The minimum absolute atomic E-state index is 0.153. The number of nitrogens with two attached hydrogens (primary N) is 1. The smallest absolute Gasteiger partial charge is 0.241 e. The Labute approximate surface area is 121 Å². The molecule has 1 amide bonds. The fourth-order valence-corrected chi connectivity index (χ4v) is 1.79. The SMILES string of the molecule is CCCOc1cc(C)ccc1NC(=O)C(N)C(C)CC. The molecule has 0 aromatic heterocycles. The van der Waals surface area contributed by atoms with Crippen LogP contribution in [0.4, 0.5) is 5.69 Å². The number of benzene rings is 1. The molecule has 0 aliphatic carbocycles. The molecular weight excluding hydrogens is 252 g/mol. The van der Waals surface area contributed by atoms with Crippen molar-refractivity contribution in [3.63, 3.8) is 0 Å². The standard InChI is InChI=1S/C16H26N2O2/c1-5-9-20-14-10-11(3)7-8-13(14)18-16(19)15(17)12(4)6-2/h7-8,10,12,15H,5-6,9,17H2,1-4H3,(H,18,19). The Morgan fingerprint density at radius 2 is 2.10 bits per heavy atom. The van der Waals surface area contributed by atoms with E-state index in [1.165, 1.54) is 0 Å². The molecule has 0 saturated heterocycles. The lowest BCUT2D eigenvalue weighted by Gasteiger charge is -2.19. The molecular formula is C16H26N2O2. The molecule has 1 aromatic rings. The Morgan fingerprint density at radius 1 is 1.40 bits per heavy atom. The molecule has 2 unspecified atom stereocenters. The summed E-state index contributed by atoms with van der Waals surface area (Å²) in [5, 5.41) is 2.87. The molecule has 1 aromatic carbocycles. The third-order valence-electron chi connectivity index (χ3n) is 3.42. The zero-order valence-corrected chi connectivity index (χ0v) is 12.9. The van der Waals surface area contributed by atoms with Gasteiger partial charge in [-0.3, -0.25) is 4.79 Å². The van der Waals surface area contributed by atoms with Crippen molar-refractivity contribution in [2.24, 2.45) is 11.7 Å². The number of hydrogen-bond acceptors (Lipinski definition) is 3. The normalized spacial score (nSPS) is 13.7. The van der Waals surface area contributed by atoms with Gasteiger partial charge in [-0.1, -0.05) is 33.3 Å². The predicted octanol–water partition coefficient (Wildman–Crippen LogP) is 3.10. The van der Waals surface area contributed by atoms with Gasteiger partial charge in [0, 0.05) is 0 Å². The van der Waals surface area contributed by atoms with Crippen LogP contribution < -0.4 is 15.8 Å². The van der Waals surface area contributed by atoms with Gasteiger partial charge in [0.25, 0.3) is 0 Å². The lowest BCUT2D eigenvalue weighted by atomic mass is 9.99. The zero-order chi connectivity index (χ0) is 15.1. The van der Waals surface area contributed by atoms with E-state index in [0.29, 0.717) is 18.0 Å². The number of ether oxygens (including phenoxy) is 1. The molecule has 0 bridgehead atoms. The minimum atomic E-state index is -0.500. The lowest BCUT2D eigenvalue weighted by molar-refractivity contribution is -0.118. The van der Waals surface area contributed by atoms with E-state index in [-0.39, 0.29) is 11.8 Å². The second kappa shape index (κ2) is 7.90. The highest BCUT2D eigenvalue weighted by Gasteiger charge is 2.20. The summed E-state index contributed by atoms with van der Waals surface area (Å²) in [7, 11) is 0. The van der Waals surface area contributed by atoms with E-state index in [0.717, 1.165) is 18.4 Å². The van der Waals surface area contributed by atoms with Crippen LogP contribution in [0.25, 0.3) is 0 Å². The summed E-state index contributed by atoms with van der Waals surface area (Å²) in [5.74, 6) is 0.696. The minimum Gasteiger partial charge on any atom is -0.491 e.